The number of para-hydroxylation sites is 1. The highest BCUT2D eigenvalue weighted by Crippen LogP contribution is 2.29. The zero-order valence-electron chi connectivity index (χ0n) is 23.7. The third-order valence-corrected chi connectivity index (χ3v) is 10.2. The van der Waals surface area contributed by atoms with E-state index >= 15 is 0 Å². The fourth-order valence-electron chi connectivity index (χ4n) is 5.00. The Morgan fingerprint density at radius 1 is 0.791 bits per heavy atom. The fraction of sp³-hybridized carbons (Fsp3) is 0.212. The van der Waals surface area contributed by atoms with Crippen LogP contribution in [0.25, 0.3) is 11.1 Å². The second kappa shape index (κ2) is 12.6. The largest absolute Gasteiger partial charge is 0.457 e. The van der Waals surface area contributed by atoms with E-state index in [4.69, 9.17) is 4.74 Å². The second-order valence-electron chi connectivity index (χ2n) is 10.5. The number of anilines is 1. The number of aliphatic hydroxyl groups is 1. The van der Waals surface area contributed by atoms with Crippen LogP contribution in [0.3, 0.4) is 0 Å². The van der Waals surface area contributed by atoms with Crippen molar-refractivity contribution >= 4 is 26.7 Å². The van der Waals surface area contributed by atoms with Gasteiger partial charge in [-0.15, -0.1) is 0 Å². The lowest BCUT2D eigenvalue weighted by molar-refractivity contribution is 0.211. The van der Waals surface area contributed by atoms with Gasteiger partial charge < -0.3 is 14.7 Å². The molecule has 0 amide bonds. The molecule has 1 saturated heterocycles. The number of benzene rings is 4. The Bertz CT molecular complexity index is 1760. The Labute approximate surface area is 256 Å². The van der Waals surface area contributed by atoms with Crippen LogP contribution in [-0.2, 0) is 10.0 Å². The van der Waals surface area contributed by atoms with Crippen molar-refractivity contribution in [3.8, 4) is 22.6 Å². The molecular weight excluding hydrogens is 581 g/mol. The molecule has 1 fully saturated rings. The van der Waals surface area contributed by atoms with Gasteiger partial charge in [0.2, 0.25) is 15.2 Å². The monoisotopic (exact) mass is 612 g/mol. The number of sulfonamides is 1. The third-order valence-electron chi connectivity index (χ3n) is 7.45. The van der Waals surface area contributed by atoms with Crippen LogP contribution in [0.5, 0.6) is 11.5 Å². The summed E-state index contributed by atoms with van der Waals surface area (Å²) in [5, 5.41) is 11.6. The van der Waals surface area contributed by atoms with E-state index in [0.717, 1.165) is 16.9 Å². The summed E-state index contributed by atoms with van der Waals surface area (Å²) in [6.07, 6.45) is -0.330. The molecule has 5 aromatic rings. The van der Waals surface area contributed by atoms with Crippen LogP contribution in [-0.4, -0.2) is 53.4 Å². The van der Waals surface area contributed by atoms with Gasteiger partial charge in [0.25, 0.3) is 0 Å². The second-order valence-corrected chi connectivity index (χ2v) is 13.1. The van der Waals surface area contributed by atoms with Crippen molar-refractivity contribution in [1.29, 1.82) is 0 Å². The summed E-state index contributed by atoms with van der Waals surface area (Å²) in [4.78, 5) is 6.95. The summed E-state index contributed by atoms with van der Waals surface area (Å²) < 4.78 is 38.8. The van der Waals surface area contributed by atoms with Crippen LogP contribution in [0.1, 0.15) is 29.5 Å². The maximum Gasteiger partial charge on any atom is 0.243 e. The summed E-state index contributed by atoms with van der Waals surface area (Å²) in [7, 11) is -3.64. The Morgan fingerprint density at radius 2 is 1.44 bits per heavy atom. The van der Waals surface area contributed by atoms with Crippen LogP contribution in [0.4, 0.5) is 5.13 Å². The zero-order chi connectivity index (χ0) is 29.8. The zero-order valence-corrected chi connectivity index (χ0v) is 25.3. The van der Waals surface area contributed by atoms with Crippen molar-refractivity contribution in [1.82, 2.24) is 13.7 Å². The lowest BCUT2D eigenvalue weighted by Crippen LogP contribution is -2.35. The minimum Gasteiger partial charge on any atom is -0.457 e. The summed E-state index contributed by atoms with van der Waals surface area (Å²) in [6.45, 7) is 3.93. The number of aliphatic hydroxyl groups excluding tert-OH is 1. The van der Waals surface area contributed by atoms with Gasteiger partial charge in [-0.05, 0) is 66.4 Å². The van der Waals surface area contributed by atoms with E-state index in [1.54, 1.807) is 40.7 Å². The Kier molecular flexibility index (Phi) is 8.53. The standard InChI is InChI=1S/C33H32N4O4S2/c1-24-8-10-25(11-9-24)26-14-18-30(19-15-26)43(39,40)37-21-5-20-36(22-23-37)33-34-32(35-42-33)31(38)27-12-16-29(17-13-27)41-28-6-3-2-4-7-28/h2-4,6-19,31,38H,5,20-23H2,1H3. The van der Waals surface area contributed by atoms with Gasteiger partial charge in [0, 0.05) is 37.7 Å². The van der Waals surface area contributed by atoms with E-state index in [1.807, 2.05) is 78.6 Å². The molecule has 2 heterocycles. The van der Waals surface area contributed by atoms with Crippen molar-refractivity contribution in [3.05, 3.63) is 120 Å². The number of ether oxygens (including phenoxy) is 1. The molecule has 8 nitrogen and oxygen atoms in total. The first-order chi connectivity index (χ1) is 20.9. The predicted molar refractivity (Wildman–Crippen MR) is 169 cm³/mol. The van der Waals surface area contributed by atoms with Gasteiger partial charge in [-0.25, -0.2) is 13.4 Å². The first kappa shape index (κ1) is 29.0. The molecule has 4 aromatic carbocycles. The van der Waals surface area contributed by atoms with E-state index in [9.17, 15) is 13.5 Å². The number of hydrogen-bond acceptors (Lipinski definition) is 8. The van der Waals surface area contributed by atoms with Crippen LogP contribution >= 0.6 is 11.5 Å². The molecule has 1 atom stereocenters. The summed E-state index contributed by atoms with van der Waals surface area (Å²) in [5.41, 5.74) is 3.87. The molecule has 1 aromatic heterocycles. The van der Waals surface area contributed by atoms with Gasteiger partial charge in [0.1, 0.15) is 17.6 Å². The fourth-order valence-corrected chi connectivity index (χ4v) is 7.22. The summed E-state index contributed by atoms with van der Waals surface area (Å²) >= 11 is 1.21. The van der Waals surface area contributed by atoms with Gasteiger partial charge in [-0.1, -0.05) is 72.3 Å². The van der Waals surface area contributed by atoms with Crippen molar-refractivity contribution in [2.45, 2.75) is 24.3 Å². The number of hydrogen-bond donors (Lipinski definition) is 1. The van der Waals surface area contributed by atoms with E-state index in [1.165, 1.54) is 17.1 Å². The minimum atomic E-state index is -3.64. The maximum atomic E-state index is 13.5. The maximum absolute atomic E-state index is 13.5. The molecule has 0 bridgehead atoms. The highest BCUT2D eigenvalue weighted by atomic mass is 32.2. The number of aryl methyl sites for hydroxylation is 1. The SMILES string of the molecule is Cc1ccc(-c2ccc(S(=O)(=O)N3CCCN(c4nc(C(O)c5ccc(Oc6ccccc6)cc5)ns4)CC3)cc2)cc1. The molecule has 1 N–H and O–H groups in total. The average molecular weight is 613 g/mol. The van der Waals surface area contributed by atoms with Crippen molar-refractivity contribution in [2.75, 3.05) is 31.1 Å². The van der Waals surface area contributed by atoms with Crippen molar-refractivity contribution in [3.63, 3.8) is 0 Å². The van der Waals surface area contributed by atoms with Gasteiger partial charge in [0.05, 0.1) is 4.90 Å². The Balaban J connectivity index is 1.08. The van der Waals surface area contributed by atoms with E-state index < -0.39 is 16.1 Å². The molecule has 0 saturated carbocycles. The molecule has 1 aliphatic heterocycles. The first-order valence-electron chi connectivity index (χ1n) is 14.1. The van der Waals surface area contributed by atoms with Crippen LogP contribution in [0, 0.1) is 6.92 Å². The molecular formula is C33H32N4O4S2. The molecule has 0 radical (unpaired) electrons. The predicted octanol–water partition coefficient (Wildman–Crippen LogP) is 6.29. The molecule has 1 aliphatic rings. The molecule has 1 unspecified atom stereocenters. The van der Waals surface area contributed by atoms with Gasteiger partial charge in [-0.3, -0.25) is 0 Å². The summed E-state index contributed by atoms with van der Waals surface area (Å²) in [6, 6.07) is 32.0. The van der Waals surface area contributed by atoms with Crippen LogP contribution in [0.15, 0.2) is 108 Å². The van der Waals surface area contributed by atoms with Crippen molar-refractivity contribution < 1.29 is 18.3 Å². The Hall–Kier alpha value is -4.09. The lowest BCUT2D eigenvalue weighted by Gasteiger charge is -2.21. The smallest absolute Gasteiger partial charge is 0.243 e. The highest BCUT2D eigenvalue weighted by Gasteiger charge is 2.28. The van der Waals surface area contributed by atoms with Crippen LogP contribution in [0.2, 0.25) is 0 Å². The Morgan fingerprint density at radius 3 is 2.14 bits per heavy atom. The van der Waals surface area contributed by atoms with E-state index in [0.29, 0.717) is 59.8 Å². The quantitative estimate of drug-likeness (QED) is 0.220. The van der Waals surface area contributed by atoms with Crippen molar-refractivity contribution in [2.24, 2.45) is 0 Å². The number of rotatable bonds is 8. The summed E-state index contributed by atoms with van der Waals surface area (Å²) in [5.74, 6) is 1.72. The highest BCUT2D eigenvalue weighted by molar-refractivity contribution is 7.89. The minimum absolute atomic E-state index is 0.290. The molecule has 220 valence electrons. The van der Waals surface area contributed by atoms with E-state index in [2.05, 4.69) is 9.36 Å². The average Bonchev–Trinajstić information content (AvgIpc) is 3.39. The number of aromatic nitrogens is 2. The molecule has 10 heteroatoms. The molecule has 0 aliphatic carbocycles. The first-order valence-corrected chi connectivity index (χ1v) is 16.3. The molecule has 43 heavy (non-hydrogen) atoms. The normalized spacial score (nSPS) is 15.2. The van der Waals surface area contributed by atoms with E-state index in [-0.39, 0.29) is 0 Å². The van der Waals surface area contributed by atoms with Gasteiger partial charge in [0.15, 0.2) is 5.82 Å². The lowest BCUT2D eigenvalue weighted by atomic mass is 10.0. The van der Waals surface area contributed by atoms with Crippen LogP contribution < -0.4 is 9.64 Å². The third kappa shape index (κ3) is 6.62. The topological polar surface area (TPSA) is 95.9 Å². The van der Waals surface area contributed by atoms with Gasteiger partial charge in [-0.2, -0.15) is 8.68 Å². The molecule has 6 rings (SSSR count). The van der Waals surface area contributed by atoms with Gasteiger partial charge >= 0.3 is 0 Å². The number of nitrogens with zero attached hydrogens (tertiary/aromatic N) is 4. The molecule has 0 spiro atoms.